The maximum absolute atomic E-state index is 10.3. The SMILES string of the molecule is Oc1c(Cc2ccc(Cl)cc2)[nH]c(=S)n1-c1nccs1. The van der Waals surface area contributed by atoms with E-state index < -0.39 is 0 Å². The molecule has 4 nitrogen and oxygen atoms in total. The molecule has 0 unspecified atom stereocenters. The standard InChI is InChI=1S/C13H10ClN3OS2/c14-9-3-1-8(2-4-9)7-10-11(18)17(12(19)16-10)13-15-5-6-20-13/h1-6,18H,7H2,(H,16,19). The molecule has 0 saturated heterocycles. The van der Waals surface area contributed by atoms with Gasteiger partial charge in [-0.1, -0.05) is 23.7 Å². The average molecular weight is 324 g/mol. The van der Waals surface area contributed by atoms with E-state index in [-0.39, 0.29) is 5.88 Å². The van der Waals surface area contributed by atoms with Gasteiger partial charge in [-0.15, -0.1) is 11.3 Å². The topological polar surface area (TPSA) is 53.8 Å². The smallest absolute Gasteiger partial charge is 0.220 e. The highest BCUT2D eigenvalue weighted by molar-refractivity contribution is 7.71. The molecule has 0 amide bonds. The summed E-state index contributed by atoms with van der Waals surface area (Å²) in [7, 11) is 0. The number of hydrogen-bond acceptors (Lipinski definition) is 4. The summed E-state index contributed by atoms with van der Waals surface area (Å²) in [4.78, 5) is 7.18. The maximum Gasteiger partial charge on any atom is 0.220 e. The van der Waals surface area contributed by atoms with Gasteiger partial charge in [0.25, 0.3) is 0 Å². The molecule has 102 valence electrons. The minimum absolute atomic E-state index is 0.0971. The van der Waals surface area contributed by atoms with E-state index in [4.69, 9.17) is 23.8 Å². The van der Waals surface area contributed by atoms with Crippen molar-refractivity contribution in [3.8, 4) is 11.0 Å². The molecule has 2 heterocycles. The fraction of sp³-hybridized carbons (Fsp3) is 0.0769. The number of benzene rings is 1. The number of nitrogens with zero attached hydrogens (tertiary/aromatic N) is 2. The third kappa shape index (κ3) is 2.49. The third-order valence-electron chi connectivity index (χ3n) is 2.85. The molecule has 0 fully saturated rings. The number of nitrogens with one attached hydrogen (secondary N) is 1. The molecule has 0 radical (unpaired) electrons. The lowest BCUT2D eigenvalue weighted by Crippen LogP contribution is -1.93. The van der Waals surface area contributed by atoms with E-state index in [1.807, 2.05) is 29.6 Å². The molecule has 1 aromatic carbocycles. The molecular weight excluding hydrogens is 314 g/mol. The molecule has 0 atom stereocenters. The molecule has 7 heteroatoms. The van der Waals surface area contributed by atoms with Crippen LogP contribution in [0.15, 0.2) is 35.8 Å². The molecule has 0 saturated carbocycles. The van der Waals surface area contributed by atoms with E-state index >= 15 is 0 Å². The largest absolute Gasteiger partial charge is 0.493 e. The summed E-state index contributed by atoms with van der Waals surface area (Å²) >= 11 is 12.5. The van der Waals surface area contributed by atoms with E-state index in [2.05, 4.69) is 9.97 Å². The molecule has 3 rings (SSSR count). The van der Waals surface area contributed by atoms with E-state index in [0.717, 1.165) is 5.56 Å². The summed E-state index contributed by atoms with van der Waals surface area (Å²) in [5, 5.41) is 13.5. The van der Waals surface area contributed by atoms with Crippen molar-refractivity contribution in [2.24, 2.45) is 0 Å². The van der Waals surface area contributed by atoms with Crippen molar-refractivity contribution in [1.82, 2.24) is 14.5 Å². The van der Waals surface area contributed by atoms with Gasteiger partial charge >= 0.3 is 0 Å². The zero-order valence-corrected chi connectivity index (χ0v) is 12.6. The number of aromatic amines is 1. The Morgan fingerprint density at radius 3 is 2.75 bits per heavy atom. The van der Waals surface area contributed by atoms with Gasteiger partial charge in [0, 0.05) is 23.0 Å². The predicted molar refractivity (Wildman–Crippen MR) is 82.5 cm³/mol. The third-order valence-corrected chi connectivity index (χ3v) is 4.14. The highest BCUT2D eigenvalue weighted by atomic mass is 35.5. The van der Waals surface area contributed by atoms with E-state index in [1.165, 1.54) is 15.9 Å². The van der Waals surface area contributed by atoms with Crippen molar-refractivity contribution >= 4 is 35.2 Å². The fourth-order valence-corrected chi connectivity index (χ4v) is 3.03. The van der Waals surface area contributed by atoms with Gasteiger partial charge in [0.1, 0.15) is 0 Å². The number of rotatable bonds is 3. The Morgan fingerprint density at radius 2 is 2.10 bits per heavy atom. The van der Waals surface area contributed by atoms with E-state index in [0.29, 0.717) is 27.0 Å². The minimum Gasteiger partial charge on any atom is -0.493 e. The van der Waals surface area contributed by atoms with Crippen molar-refractivity contribution in [3.05, 3.63) is 56.9 Å². The van der Waals surface area contributed by atoms with Crippen molar-refractivity contribution in [3.63, 3.8) is 0 Å². The zero-order chi connectivity index (χ0) is 14.1. The number of aromatic hydroxyl groups is 1. The fourth-order valence-electron chi connectivity index (χ4n) is 1.91. The Hall–Kier alpha value is -1.63. The van der Waals surface area contributed by atoms with E-state index in [9.17, 15) is 5.11 Å². The Labute approximate surface area is 129 Å². The number of imidazole rings is 1. The van der Waals surface area contributed by atoms with Crippen LogP contribution in [0, 0.1) is 4.77 Å². The molecule has 0 aliphatic heterocycles. The Kier molecular flexibility index (Phi) is 3.60. The summed E-state index contributed by atoms with van der Waals surface area (Å²) in [6, 6.07) is 7.47. The second-order valence-corrected chi connectivity index (χ2v) is 5.88. The van der Waals surface area contributed by atoms with Crippen LogP contribution in [0.2, 0.25) is 5.02 Å². The number of H-pyrrole nitrogens is 1. The van der Waals surface area contributed by atoms with Gasteiger partial charge in [0.15, 0.2) is 9.90 Å². The highest BCUT2D eigenvalue weighted by Gasteiger charge is 2.14. The van der Waals surface area contributed by atoms with Crippen LogP contribution in [0.3, 0.4) is 0 Å². The lowest BCUT2D eigenvalue weighted by molar-refractivity contribution is 0.436. The Bertz CT molecular complexity index is 775. The summed E-state index contributed by atoms with van der Waals surface area (Å²) in [5.74, 6) is 0.0971. The highest BCUT2D eigenvalue weighted by Crippen LogP contribution is 2.25. The quantitative estimate of drug-likeness (QED) is 0.718. The number of thiazole rings is 1. The summed E-state index contributed by atoms with van der Waals surface area (Å²) in [6.07, 6.45) is 2.22. The van der Waals surface area contributed by atoms with Gasteiger partial charge in [-0.3, -0.25) is 0 Å². The first kappa shape index (κ1) is 13.4. The van der Waals surface area contributed by atoms with Gasteiger partial charge in [-0.2, -0.15) is 0 Å². The van der Waals surface area contributed by atoms with Crippen LogP contribution < -0.4 is 0 Å². The Morgan fingerprint density at radius 1 is 1.35 bits per heavy atom. The monoisotopic (exact) mass is 323 g/mol. The number of aromatic nitrogens is 3. The van der Waals surface area contributed by atoms with Crippen LogP contribution >= 0.6 is 35.2 Å². The van der Waals surface area contributed by atoms with Crippen molar-refractivity contribution in [2.75, 3.05) is 0 Å². The van der Waals surface area contributed by atoms with Crippen molar-refractivity contribution in [1.29, 1.82) is 0 Å². The molecule has 2 N–H and O–H groups in total. The summed E-state index contributed by atoms with van der Waals surface area (Å²) in [5.41, 5.74) is 1.69. The van der Waals surface area contributed by atoms with Gasteiger partial charge in [0.05, 0.1) is 5.69 Å². The van der Waals surface area contributed by atoms with Gasteiger partial charge in [-0.25, -0.2) is 9.55 Å². The van der Waals surface area contributed by atoms with Crippen LogP contribution in [-0.2, 0) is 6.42 Å². The lowest BCUT2D eigenvalue weighted by Gasteiger charge is -2.02. The van der Waals surface area contributed by atoms with E-state index in [1.54, 1.807) is 6.20 Å². The maximum atomic E-state index is 10.3. The van der Waals surface area contributed by atoms with Crippen LogP contribution in [0.25, 0.3) is 5.13 Å². The molecule has 20 heavy (non-hydrogen) atoms. The van der Waals surface area contributed by atoms with Crippen LogP contribution in [0.5, 0.6) is 5.88 Å². The minimum atomic E-state index is 0.0971. The molecule has 0 spiro atoms. The average Bonchev–Trinajstić information content (AvgIpc) is 3.02. The van der Waals surface area contributed by atoms with Gasteiger partial charge in [-0.05, 0) is 29.9 Å². The summed E-state index contributed by atoms with van der Waals surface area (Å²) < 4.78 is 1.96. The number of halogens is 1. The predicted octanol–water partition coefficient (Wildman–Crippen LogP) is 3.94. The zero-order valence-electron chi connectivity index (χ0n) is 10.2. The second kappa shape index (κ2) is 5.40. The number of hydrogen-bond donors (Lipinski definition) is 2. The lowest BCUT2D eigenvalue weighted by atomic mass is 10.1. The molecule has 3 aromatic rings. The second-order valence-electron chi connectivity index (χ2n) is 4.19. The molecule has 2 aromatic heterocycles. The molecular formula is C13H10ClN3OS2. The first-order valence-corrected chi connectivity index (χ1v) is 7.49. The Balaban J connectivity index is 1.98. The van der Waals surface area contributed by atoms with Gasteiger partial charge in [0.2, 0.25) is 5.88 Å². The summed E-state index contributed by atoms with van der Waals surface area (Å²) in [6.45, 7) is 0. The van der Waals surface area contributed by atoms with Crippen LogP contribution in [0.4, 0.5) is 0 Å². The van der Waals surface area contributed by atoms with Crippen molar-refractivity contribution < 1.29 is 5.11 Å². The van der Waals surface area contributed by atoms with Crippen LogP contribution in [-0.4, -0.2) is 19.6 Å². The van der Waals surface area contributed by atoms with Gasteiger partial charge < -0.3 is 10.1 Å². The first-order chi connectivity index (χ1) is 9.65. The van der Waals surface area contributed by atoms with Crippen molar-refractivity contribution in [2.45, 2.75) is 6.42 Å². The first-order valence-electron chi connectivity index (χ1n) is 5.82. The van der Waals surface area contributed by atoms with Crippen LogP contribution in [0.1, 0.15) is 11.3 Å². The molecule has 0 aliphatic rings. The normalized spacial score (nSPS) is 10.8. The molecule has 0 aliphatic carbocycles. The molecule has 0 bridgehead atoms.